The largest absolute Gasteiger partial charge is 0.460 e. The van der Waals surface area contributed by atoms with E-state index in [1.54, 1.807) is 0 Å². The molecular formula is C20H18O10. The van der Waals surface area contributed by atoms with Gasteiger partial charge >= 0.3 is 23.9 Å². The van der Waals surface area contributed by atoms with Crippen LogP contribution >= 0.6 is 0 Å². The van der Waals surface area contributed by atoms with Gasteiger partial charge in [0, 0.05) is 0 Å². The molecule has 2 N–H and O–H groups in total. The molecule has 2 aromatic rings. The minimum atomic E-state index is -0.961. The van der Waals surface area contributed by atoms with Gasteiger partial charge in [0.2, 0.25) is 0 Å². The number of hydrogen-bond donors (Lipinski definition) is 2. The summed E-state index contributed by atoms with van der Waals surface area (Å²) in [4.78, 5) is 50.2. The van der Waals surface area contributed by atoms with Crippen LogP contribution < -0.4 is 0 Å². The summed E-state index contributed by atoms with van der Waals surface area (Å²) in [5.74, 6) is -2.96. The van der Waals surface area contributed by atoms with Gasteiger partial charge in [0.25, 0.3) is 0 Å². The summed E-state index contributed by atoms with van der Waals surface area (Å²) in [6, 6.07) is 10.7. The molecule has 0 aliphatic heterocycles. The second-order valence-corrected chi connectivity index (χ2v) is 5.66. The molecule has 0 heterocycles. The Hall–Kier alpha value is -3.76. The third-order valence-corrected chi connectivity index (χ3v) is 3.67. The molecular weight excluding hydrogens is 400 g/mol. The molecule has 0 aromatic heterocycles. The van der Waals surface area contributed by atoms with E-state index in [0.29, 0.717) is 0 Å². The lowest BCUT2D eigenvalue weighted by molar-refractivity contribution is -0.182. The first-order chi connectivity index (χ1) is 14.5. The van der Waals surface area contributed by atoms with Gasteiger partial charge in [0.05, 0.1) is 28.9 Å². The van der Waals surface area contributed by atoms with E-state index in [2.05, 4.69) is 4.89 Å². The first kappa shape index (κ1) is 22.5. The van der Waals surface area contributed by atoms with Crippen LogP contribution in [-0.4, -0.2) is 60.7 Å². The Kier molecular flexibility index (Phi) is 8.48. The Balaban J connectivity index is 1.77. The van der Waals surface area contributed by atoms with Crippen LogP contribution in [0.25, 0.3) is 0 Å². The molecule has 0 saturated heterocycles. The maximum absolute atomic E-state index is 12.0. The van der Waals surface area contributed by atoms with Gasteiger partial charge < -0.3 is 19.3 Å². The van der Waals surface area contributed by atoms with Gasteiger partial charge in [-0.25, -0.2) is 19.2 Å². The van der Waals surface area contributed by atoms with Crippen molar-refractivity contribution in [1.82, 2.24) is 0 Å². The lowest BCUT2D eigenvalue weighted by Gasteiger charge is -2.07. The molecule has 30 heavy (non-hydrogen) atoms. The van der Waals surface area contributed by atoms with Gasteiger partial charge in [-0.1, -0.05) is 0 Å². The zero-order valence-electron chi connectivity index (χ0n) is 15.6. The molecule has 0 unspecified atom stereocenters. The second kappa shape index (κ2) is 11.3. The molecule has 0 amide bonds. The van der Waals surface area contributed by atoms with E-state index in [1.807, 2.05) is 0 Å². The third-order valence-electron chi connectivity index (χ3n) is 3.67. The van der Waals surface area contributed by atoms with Gasteiger partial charge in [-0.2, -0.15) is 5.26 Å². The highest BCUT2D eigenvalue weighted by Crippen LogP contribution is 2.09. The highest BCUT2D eigenvalue weighted by Gasteiger charge is 2.13. The number of aliphatic hydroxyl groups is 1. The highest BCUT2D eigenvalue weighted by molar-refractivity contribution is 5.94. The van der Waals surface area contributed by atoms with Crippen LogP contribution in [-0.2, 0) is 19.1 Å². The molecule has 158 valence electrons. The Morgan fingerprint density at radius 2 is 0.867 bits per heavy atom. The number of esters is 3. The molecule has 0 atom stereocenters. The van der Waals surface area contributed by atoms with Crippen molar-refractivity contribution in [3.05, 3.63) is 70.8 Å². The van der Waals surface area contributed by atoms with Crippen molar-refractivity contribution in [2.45, 2.75) is 0 Å². The van der Waals surface area contributed by atoms with E-state index >= 15 is 0 Å². The molecule has 0 aliphatic carbocycles. The molecule has 0 radical (unpaired) electrons. The molecule has 10 heteroatoms. The van der Waals surface area contributed by atoms with Crippen LogP contribution in [0.1, 0.15) is 41.4 Å². The Bertz CT molecular complexity index is 887. The minimum absolute atomic E-state index is 0.0515. The number of ether oxygens (including phenoxy) is 3. The molecule has 2 aromatic carbocycles. The maximum Gasteiger partial charge on any atom is 0.372 e. The van der Waals surface area contributed by atoms with Crippen molar-refractivity contribution in [3.8, 4) is 0 Å². The normalized spacial score (nSPS) is 10.1. The average molecular weight is 418 g/mol. The van der Waals surface area contributed by atoms with E-state index in [9.17, 15) is 19.2 Å². The van der Waals surface area contributed by atoms with Crippen molar-refractivity contribution < 1.29 is 48.6 Å². The Morgan fingerprint density at radius 1 is 0.567 bits per heavy atom. The molecule has 0 bridgehead atoms. The molecule has 0 fully saturated rings. The van der Waals surface area contributed by atoms with Crippen molar-refractivity contribution >= 4 is 23.9 Å². The van der Waals surface area contributed by atoms with Gasteiger partial charge in [-0.15, -0.1) is 0 Å². The first-order valence-corrected chi connectivity index (χ1v) is 8.64. The van der Waals surface area contributed by atoms with E-state index in [-0.39, 0.29) is 48.7 Å². The second-order valence-electron chi connectivity index (χ2n) is 5.66. The lowest BCUT2D eigenvalue weighted by atomic mass is 10.1. The molecule has 2 rings (SSSR count). The zero-order valence-corrected chi connectivity index (χ0v) is 15.6. The van der Waals surface area contributed by atoms with Crippen LogP contribution in [0.3, 0.4) is 0 Å². The van der Waals surface area contributed by atoms with E-state index in [4.69, 9.17) is 24.6 Å². The Morgan fingerprint density at radius 3 is 1.17 bits per heavy atom. The van der Waals surface area contributed by atoms with Gasteiger partial charge in [-0.05, 0) is 48.5 Å². The van der Waals surface area contributed by atoms with Crippen molar-refractivity contribution in [2.75, 3.05) is 26.4 Å². The predicted molar refractivity (Wildman–Crippen MR) is 98.9 cm³/mol. The molecule has 0 aliphatic rings. The predicted octanol–water partition coefficient (Wildman–Crippen LogP) is 1.48. The SMILES string of the molecule is O=C(OO)c1ccc(C(=O)OCCOC(=O)c2ccc(C(=O)OCCO)cc2)cc1. The number of carbonyl (C=O) groups excluding carboxylic acids is 4. The minimum Gasteiger partial charge on any atom is -0.460 e. The van der Waals surface area contributed by atoms with Crippen molar-refractivity contribution in [3.63, 3.8) is 0 Å². The fourth-order valence-corrected chi connectivity index (χ4v) is 2.19. The summed E-state index contributed by atoms with van der Waals surface area (Å²) in [6.45, 7) is -0.804. The smallest absolute Gasteiger partial charge is 0.372 e. The summed E-state index contributed by atoms with van der Waals surface area (Å²) in [5, 5.41) is 16.9. The molecule has 0 saturated carbocycles. The number of rotatable bonds is 9. The van der Waals surface area contributed by atoms with Gasteiger partial charge in [0.15, 0.2) is 0 Å². The van der Waals surface area contributed by atoms with Crippen LogP contribution in [0.4, 0.5) is 0 Å². The van der Waals surface area contributed by atoms with E-state index < -0.39 is 23.9 Å². The molecule has 10 nitrogen and oxygen atoms in total. The zero-order chi connectivity index (χ0) is 21.9. The summed E-state index contributed by atoms with van der Waals surface area (Å²) in [5.41, 5.74) is 0.605. The monoisotopic (exact) mass is 418 g/mol. The maximum atomic E-state index is 12.0. The molecule has 0 spiro atoms. The van der Waals surface area contributed by atoms with E-state index in [1.165, 1.54) is 48.5 Å². The quantitative estimate of drug-likeness (QED) is 0.202. The van der Waals surface area contributed by atoms with Crippen molar-refractivity contribution in [1.29, 1.82) is 0 Å². The van der Waals surface area contributed by atoms with Crippen LogP contribution in [0.15, 0.2) is 48.5 Å². The first-order valence-electron chi connectivity index (χ1n) is 8.64. The highest BCUT2D eigenvalue weighted by atomic mass is 17.1. The third kappa shape index (κ3) is 6.40. The van der Waals surface area contributed by atoms with E-state index in [0.717, 1.165) is 0 Å². The summed E-state index contributed by atoms with van der Waals surface area (Å²) in [6.07, 6.45) is 0. The summed E-state index contributed by atoms with van der Waals surface area (Å²) >= 11 is 0. The topological polar surface area (TPSA) is 146 Å². The van der Waals surface area contributed by atoms with Gasteiger partial charge in [0.1, 0.15) is 19.8 Å². The van der Waals surface area contributed by atoms with Crippen molar-refractivity contribution in [2.24, 2.45) is 0 Å². The summed E-state index contributed by atoms with van der Waals surface area (Å²) in [7, 11) is 0. The van der Waals surface area contributed by atoms with Gasteiger partial charge in [-0.3, -0.25) is 4.89 Å². The summed E-state index contributed by atoms with van der Waals surface area (Å²) < 4.78 is 14.7. The fraction of sp³-hybridized carbons (Fsp3) is 0.200. The van der Waals surface area contributed by atoms with Crippen LogP contribution in [0.5, 0.6) is 0 Å². The van der Waals surface area contributed by atoms with Crippen LogP contribution in [0.2, 0.25) is 0 Å². The standard InChI is InChI=1S/C20H18O10/c21-9-10-27-17(22)13-1-3-14(4-2-13)18(23)28-11-12-29-19(24)15-5-7-16(8-6-15)20(25)30-26/h1-8,21,26H,9-12H2. The fourth-order valence-electron chi connectivity index (χ4n) is 2.19. The number of carbonyl (C=O) groups is 4. The lowest BCUT2D eigenvalue weighted by Crippen LogP contribution is -2.14. The number of aliphatic hydroxyl groups excluding tert-OH is 1. The average Bonchev–Trinajstić information content (AvgIpc) is 2.79. The number of hydrogen-bond acceptors (Lipinski definition) is 10. The Labute approximate surface area is 170 Å². The number of benzene rings is 2. The van der Waals surface area contributed by atoms with Crippen LogP contribution in [0, 0.1) is 0 Å².